The van der Waals surface area contributed by atoms with Gasteiger partial charge in [-0.25, -0.2) is 4.39 Å². The van der Waals surface area contributed by atoms with Gasteiger partial charge in [-0.1, -0.05) is 124 Å². The van der Waals surface area contributed by atoms with Crippen LogP contribution in [0.25, 0.3) is 53.8 Å². The Labute approximate surface area is 308 Å². The molecule has 0 spiro atoms. The Morgan fingerprint density at radius 1 is 0.776 bits per heavy atom. The van der Waals surface area contributed by atoms with Crippen molar-refractivity contribution in [1.82, 2.24) is 9.97 Å². The zero-order valence-corrected chi connectivity index (χ0v) is 33.3. The topological polar surface area (TPSA) is 25.8 Å². The average molecular weight is 857 g/mol. The Bertz CT molecular complexity index is 2190. The zero-order valence-electron chi connectivity index (χ0n) is 29.1. The Hall–Kier alpha value is -3.80. The summed E-state index contributed by atoms with van der Waals surface area (Å²) >= 11 is 1.61. The Kier molecular flexibility index (Phi) is 11.5. The van der Waals surface area contributed by atoms with Gasteiger partial charge in [-0.3, -0.25) is 0 Å². The third kappa shape index (κ3) is 8.00. The van der Waals surface area contributed by atoms with Gasteiger partial charge in [0.2, 0.25) is 0 Å². The molecule has 0 aliphatic rings. The van der Waals surface area contributed by atoms with Crippen molar-refractivity contribution in [3.05, 3.63) is 139 Å². The Morgan fingerprint density at radius 2 is 1.53 bits per heavy atom. The van der Waals surface area contributed by atoms with Crippen molar-refractivity contribution in [3.63, 3.8) is 0 Å². The van der Waals surface area contributed by atoms with Crippen molar-refractivity contribution >= 4 is 44.8 Å². The quantitative estimate of drug-likeness (QED) is 0.123. The molecule has 3 aromatic heterocycles. The smallest absolute Gasteiger partial charge is 0.124 e. The molecule has 4 aromatic carbocycles. The van der Waals surface area contributed by atoms with Crippen LogP contribution in [0.5, 0.6) is 0 Å². The molecule has 251 valence electrons. The normalized spacial score (nSPS) is 11.5. The minimum absolute atomic E-state index is 0. The number of thiophene rings is 1. The van der Waals surface area contributed by atoms with E-state index in [1.54, 1.807) is 17.4 Å². The predicted molar refractivity (Wildman–Crippen MR) is 206 cm³/mol. The van der Waals surface area contributed by atoms with Crippen LogP contribution in [0, 0.1) is 17.9 Å². The zero-order chi connectivity index (χ0) is 34.0. The summed E-state index contributed by atoms with van der Waals surface area (Å²) < 4.78 is 16.0. The first-order chi connectivity index (χ1) is 23.0. The fourth-order valence-electron chi connectivity index (χ4n) is 6.05. The van der Waals surface area contributed by atoms with Crippen molar-refractivity contribution in [2.75, 3.05) is 0 Å². The number of halogens is 1. The maximum absolute atomic E-state index is 13.9. The molecule has 2 nitrogen and oxygen atoms in total. The second-order valence-corrected chi connectivity index (χ2v) is 19.9. The third-order valence-electron chi connectivity index (χ3n) is 8.65. The van der Waals surface area contributed by atoms with Gasteiger partial charge in [-0.05, 0) is 56.7 Å². The summed E-state index contributed by atoms with van der Waals surface area (Å²) in [6.07, 6.45) is 3.96. The van der Waals surface area contributed by atoms with Crippen molar-refractivity contribution in [1.29, 1.82) is 0 Å². The molecule has 7 aromatic rings. The van der Waals surface area contributed by atoms with Gasteiger partial charge in [0.15, 0.2) is 0 Å². The minimum atomic E-state index is -1.34. The number of fused-ring (bicyclic) bond motifs is 3. The van der Waals surface area contributed by atoms with Gasteiger partial charge in [0.05, 0.1) is 8.07 Å². The molecule has 0 bridgehead atoms. The predicted octanol–water partition coefficient (Wildman–Crippen LogP) is 12.1. The molecule has 49 heavy (non-hydrogen) atoms. The summed E-state index contributed by atoms with van der Waals surface area (Å²) in [6.45, 7) is 16.0. The standard InChI is InChI=1S/C26H19FNS.C17H22NSi.Ir/c1-16(2)18-12-13-28-23(14-18)21-11-10-20(17-6-4-3-5-7-17)25-22-9-8-19(27)15-24(22)29-26(21)25;1-13(2)15-11-16(14-9-7-6-8-10-14)18-12-17(15)19(3,4)5;/h3-10,12-16H,1-2H3;6-9,11-13H,1-5H3;/q2*-1;. The van der Waals surface area contributed by atoms with Crippen molar-refractivity contribution in [2.45, 2.75) is 59.2 Å². The largest absolute Gasteiger partial charge is 0.305 e. The van der Waals surface area contributed by atoms with E-state index in [0.717, 1.165) is 53.8 Å². The fourth-order valence-corrected chi connectivity index (χ4v) is 8.99. The van der Waals surface area contributed by atoms with E-state index in [9.17, 15) is 4.39 Å². The molecule has 0 atom stereocenters. The van der Waals surface area contributed by atoms with Crippen LogP contribution in [0.4, 0.5) is 4.39 Å². The number of benzene rings is 4. The van der Waals surface area contributed by atoms with Gasteiger partial charge in [-0.2, -0.15) is 11.3 Å². The SMILES string of the molecule is CC(C)c1cc(-c2[c-]cccc2)ncc1[Si](C)(C)C.CC(C)c1ccnc(-c2[c-]cc(-c3ccccc3)c3c2sc2cc(F)ccc23)c1.[Ir]. The molecule has 0 aliphatic heterocycles. The second kappa shape index (κ2) is 15.4. The molecule has 0 aliphatic carbocycles. The van der Waals surface area contributed by atoms with E-state index < -0.39 is 8.07 Å². The number of hydrogen-bond donors (Lipinski definition) is 0. The van der Waals surface area contributed by atoms with Crippen LogP contribution in [-0.2, 0) is 20.1 Å². The first kappa shape index (κ1) is 36.5. The van der Waals surface area contributed by atoms with E-state index >= 15 is 0 Å². The molecule has 1 radical (unpaired) electrons. The number of rotatable bonds is 6. The average Bonchev–Trinajstić information content (AvgIpc) is 3.47. The Balaban J connectivity index is 0.000000205. The fraction of sp³-hybridized carbons (Fsp3) is 0.209. The van der Waals surface area contributed by atoms with Crippen LogP contribution in [0.15, 0.2) is 109 Å². The van der Waals surface area contributed by atoms with E-state index in [2.05, 4.69) is 112 Å². The molecule has 0 fully saturated rings. The molecule has 0 unspecified atom stereocenters. The van der Waals surface area contributed by atoms with Crippen LogP contribution < -0.4 is 5.19 Å². The summed E-state index contributed by atoms with van der Waals surface area (Å²) in [5, 5.41) is 3.68. The summed E-state index contributed by atoms with van der Waals surface area (Å²) in [4.78, 5) is 9.30. The molecule has 3 heterocycles. The maximum atomic E-state index is 13.9. The van der Waals surface area contributed by atoms with Crippen LogP contribution in [0.2, 0.25) is 19.6 Å². The van der Waals surface area contributed by atoms with Crippen LogP contribution >= 0.6 is 11.3 Å². The summed E-state index contributed by atoms with van der Waals surface area (Å²) in [6, 6.07) is 38.6. The first-order valence-electron chi connectivity index (χ1n) is 16.6. The number of pyridine rings is 2. The Morgan fingerprint density at radius 3 is 2.20 bits per heavy atom. The van der Waals surface area contributed by atoms with Crippen LogP contribution in [0.3, 0.4) is 0 Å². The van der Waals surface area contributed by atoms with Gasteiger partial charge in [0.25, 0.3) is 0 Å². The molecule has 7 rings (SSSR count). The monoisotopic (exact) mass is 857 g/mol. The van der Waals surface area contributed by atoms with E-state index in [-0.39, 0.29) is 25.9 Å². The molecule has 0 amide bonds. The summed E-state index contributed by atoms with van der Waals surface area (Å²) in [5.74, 6) is 0.746. The maximum Gasteiger partial charge on any atom is 0.124 e. The summed E-state index contributed by atoms with van der Waals surface area (Å²) in [5.41, 5.74) is 8.93. The van der Waals surface area contributed by atoms with E-state index in [0.29, 0.717) is 11.8 Å². The molecular weight excluding hydrogens is 816 g/mol. The van der Waals surface area contributed by atoms with Crippen molar-refractivity contribution in [2.24, 2.45) is 0 Å². The van der Waals surface area contributed by atoms with Gasteiger partial charge < -0.3 is 9.97 Å². The van der Waals surface area contributed by atoms with E-state index in [4.69, 9.17) is 0 Å². The van der Waals surface area contributed by atoms with Gasteiger partial charge in [0, 0.05) is 37.2 Å². The molecule has 0 saturated heterocycles. The first-order valence-corrected chi connectivity index (χ1v) is 20.9. The minimum Gasteiger partial charge on any atom is -0.305 e. The molecular formula is C43H41FIrN2SSi-2. The molecule has 6 heteroatoms. The van der Waals surface area contributed by atoms with E-state index in [1.807, 2.05) is 54.7 Å². The number of aromatic nitrogens is 2. The molecule has 0 saturated carbocycles. The van der Waals surface area contributed by atoms with Crippen molar-refractivity contribution in [3.8, 4) is 33.6 Å². The second-order valence-electron chi connectivity index (χ2n) is 13.9. The third-order valence-corrected chi connectivity index (χ3v) is 11.9. The van der Waals surface area contributed by atoms with Gasteiger partial charge in [0.1, 0.15) is 5.82 Å². The van der Waals surface area contributed by atoms with Crippen molar-refractivity contribution < 1.29 is 24.5 Å². The summed E-state index contributed by atoms with van der Waals surface area (Å²) in [7, 11) is -1.34. The molecule has 0 N–H and O–H groups in total. The van der Waals surface area contributed by atoms with Gasteiger partial charge >= 0.3 is 0 Å². The van der Waals surface area contributed by atoms with Crippen LogP contribution in [0.1, 0.15) is 50.7 Å². The number of nitrogens with zero attached hydrogens (tertiary/aromatic N) is 2. The number of hydrogen-bond acceptors (Lipinski definition) is 3. The van der Waals surface area contributed by atoms with E-state index in [1.165, 1.54) is 22.4 Å². The van der Waals surface area contributed by atoms with Gasteiger partial charge in [-0.15, -0.1) is 53.6 Å². The van der Waals surface area contributed by atoms with Crippen LogP contribution in [-0.4, -0.2) is 18.0 Å².